The van der Waals surface area contributed by atoms with Crippen LogP contribution in [-0.2, 0) is 9.53 Å². The zero-order valence-corrected chi connectivity index (χ0v) is 13.4. The van der Waals surface area contributed by atoms with Gasteiger partial charge in [0.15, 0.2) is 6.61 Å². The Morgan fingerprint density at radius 3 is 2.48 bits per heavy atom. The van der Waals surface area contributed by atoms with Crippen LogP contribution in [-0.4, -0.2) is 24.5 Å². The van der Waals surface area contributed by atoms with E-state index in [-0.39, 0.29) is 39.9 Å². The number of esters is 1. The average Bonchev–Trinajstić information content (AvgIpc) is 2.45. The number of benzene rings is 1. The molecule has 0 spiro atoms. The second-order valence-corrected chi connectivity index (χ2v) is 5.31. The summed E-state index contributed by atoms with van der Waals surface area (Å²) < 4.78 is 4.92. The maximum Gasteiger partial charge on any atom is 0.340 e. The number of amides is 1. The van der Waals surface area contributed by atoms with Crippen LogP contribution in [0.3, 0.4) is 0 Å². The Balaban J connectivity index is 2.64. The molecule has 116 valence electrons. The highest BCUT2D eigenvalue weighted by molar-refractivity contribution is 6.44. The van der Waals surface area contributed by atoms with Gasteiger partial charge in [-0.05, 0) is 25.0 Å². The standard InChI is InChI=1S/C14H18Cl2N2O3/c1-3-9(4-2)18-12(19)7-21-14(20)10-5-8(17)6-11(15)13(10)16/h5-6,9H,3-4,7,17H2,1-2H3,(H,18,19). The molecule has 1 aromatic rings. The first-order chi connectivity index (χ1) is 9.88. The van der Waals surface area contributed by atoms with E-state index < -0.39 is 5.97 Å². The van der Waals surface area contributed by atoms with E-state index in [2.05, 4.69) is 5.32 Å². The van der Waals surface area contributed by atoms with Crippen molar-refractivity contribution < 1.29 is 14.3 Å². The Labute approximate surface area is 133 Å². The number of rotatable bonds is 6. The molecule has 21 heavy (non-hydrogen) atoms. The molecule has 0 saturated carbocycles. The van der Waals surface area contributed by atoms with Gasteiger partial charge in [0.2, 0.25) is 0 Å². The molecule has 0 radical (unpaired) electrons. The largest absolute Gasteiger partial charge is 0.452 e. The summed E-state index contributed by atoms with van der Waals surface area (Å²) in [6, 6.07) is 2.86. The molecule has 0 aromatic heterocycles. The van der Waals surface area contributed by atoms with E-state index in [1.807, 2.05) is 13.8 Å². The molecule has 0 unspecified atom stereocenters. The molecule has 3 N–H and O–H groups in total. The summed E-state index contributed by atoms with van der Waals surface area (Å²) in [6.45, 7) is 3.56. The van der Waals surface area contributed by atoms with Crippen LogP contribution in [0, 0.1) is 0 Å². The van der Waals surface area contributed by atoms with Gasteiger partial charge in [-0.2, -0.15) is 0 Å². The van der Waals surface area contributed by atoms with Gasteiger partial charge in [0.05, 0.1) is 15.6 Å². The molecule has 0 aliphatic carbocycles. The number of nitrogens with two attached hydrogens (primary N) is 1. The highest BCUT2D eigenvalue weighted by Gasteiger charge is 2.17. The predicted octanol–water partition coefficient (Wildman–Crippen LogP) is 3.04. The van der Waals surface area contributed by atoms with Gasteiger partial charge in [-0.3, -0.25) is 4.79 Å². The Kier molecular flexibility index (Phi) is 6.78. The average molecular weight is 333 g/mol. The van der Waals surface area contributed by atoms with E-state index in [0.717, 1.165) is 12.8 Å². The number of carbonyl (C=O) groups is 2. The van der Waals surface area contributed by atoms with Gasteiger partial charge in [0, 0.05) is 11.7 Å². The Hall–Kier alpha value is -1.46. The van der Waals surface area contributed by atoms with E-state index >= 15 is 0 Å². The number of halogens is 2. The number of nitrogens with one attached hydrogen (secondary N) is 1. The summed E-state index contributed by atoms with van der Waals surface area (Å²) in [5.74, 6) is -1.10. The number of carbonyl (C=O) groups excluding carboxylic acids is 2. The summed E-state index contributed by atoms with van der Waals surface area (Å²) in [7, 11) is 0. The monoisotopic (exact) mass is 332 g/mol. The van der Waals surface area contributed by atoms with Gasteiger partial charge < -0.3 is 15.8 Å². The first-order valence-corrected chi connectivity index (χ1v) is 7.35. The van der Waals surface area contributed by atoms with Gasteiger partial charge in [0.25, 0.3) is 5.91 Å². The maximum absolute atomic E-state index is 11.9. The number of anilines is 1. The van der Waals surface area contributed by atoms with E-state index in [9.17, 15) is 9.59 Å². The molecule has 0 saturated heterocycles. The number of hydrogen-bond acceptors (Lipinski definition) is 4. The van der Waals surface area contributed by atoms with Crippen LogP contribution in [0.25, 0.3) is 0 Å². The molecular weight excluding hydrogens is 315 g/mol. The lowest BCUT2D eigenvalue weighted by Gasteiger charge is -2.14. The van der Waals surface area contributed by atoms with E-state index in [1.165, 1.54) is 12.1 Å². The fourth-order valence-electron chi connectivity index (χ4n) is 1.73. The molecule has 1 amide bonds. The molecule has 1 rings (SSSR count). The normalized spacial score (nSPS) is 10.5. The van der Waals surface area contributed by atoms with Gasteiger partial charge >= 0.3 is 5.97 Å². The first kappa shape index (κ1) is 17.6. The highest BCUT2D eigenvalue weighted by atomic mass is 35.5. The Morgan fingerprint density at radius 2 is 1.90 bits per heavy atom. The minimum Gasteiger partial charge on any atom is -0.452 e. The van der Waals surface area contributed by atoms with Crippen molar-refractivity contribution in [1.82, 2.24) is 5.32 Å². The second kappa shape index (κ2) is 8.10. The number of hydrogen-bond donors (Lipinski definition) is 2. The van der Waals surface area contributed by atoms with Gasteiger partial charge in [-0.25, -0.2) is 4.79 Å². The Morgan fingerprint density at radius 1 is 1.29 bits per heavy atom. The minimum atomic E-state index is -0.742. The predicted molar refractivity (Wildman–Crippen MR) is 83.7 cm³/mol. The van der Waals surface area contributed by atoms with Crippen LogP contribution < -0.4 is 11.1 Å². The van der Waals surface area contributed by atoms with Crippen LogP contribution in [0.1, 0.15) is 37.0 Å². The molecule has 0 aliphatic heterocycles. The number of nitrogen functional groups attached to an aromatic ring is 1. The molecule has 0 heterocycles. The molecule has 7 heteroatoms. The molecule has 0 bridgehead atoms. The van der Waals surface area contributed by atoms with Crippen molar-refractivity contribution in [2.75, 3.05) is 12.3 Å². The van der Waals surface area contributed by atoms with Gasteiger partial charge in [0.1, 0.15) is 0 Å². The lowest BCUT2D eigenvalue weighted by Crippen LogP contribution is -2.36. The molecule has 0 fully saturated rings. The lowest BCUT2D eigenvalue weighted by atomic mass is 10.2. The van der Waals surface area contributed by atoms with Crippen molar-refractivity contribution in [3.05, 3.63) is 27.7 Å². The third kappa shape index (κ3) is 5.10. The van der Waals surface area contributed by atoms with Crippen LogP contribution >= 0.6 is 23.2 Å². The van der Waals surface area contributed by atoms with E-state index in [1.54, 1.807) is 0 Å². The number of ether oxygens (including phenoxy) is 1. The van der Waals surface area contributed by atoms with E-state index in [4.69, 9.17) is 33.7 Å². The molecule has 1 aromatic carbocycles. The van der Waals surface area contributed by atoms with Crippen molar-refractivity contribution >= 4 is 40.8 Å². The highest BCUT2D eigenvalue weighted by Crippen LogP contribution is 2.29. The summed E-state index contributed by atoms with van der Waals surface area (Å²) in [5, 5.41) is 2.97. The molecule has 0 atom stereocenters. The Bertz CT molecular complexity index is 531. The van der Waals surface area contributed by atoms with Crippen LogP contribution in [0.15, 0.2) is 12.1 Å². The summed E-state index contributed by atoms with van der Waals surface area (Å²) in [5.41, 5.74) is 5.92. The van der Waals surface area contributed by atoms with Crippen LogP contribution in [0.2, 0.25) is 10.0 Å². The fourth-order valence-corrected chi connectivity index (χ4v) is 2.14. The van der Waals surface area contributed by atoms with E-state index in [0.29, 0.717) is 0 Å². The smallest absolute Gasteiger partial charge is 0.340 e. The van der Waals surface area contributed by atoms with Crippen molar-refractivity contribution in [2.24, 2.45) is 0 Å². The van der Waals surface area contributed by atoms with Gasteiger partial charge in [-0.1, -0.05) is 37.0 Å². The van der Waals surface area contributed by atoms with Crippen LogP contribution in [0.5, 0.6) is 0 Å². The summed E-state index contributed by atoms with van der Waals surface area (Å²) in [6.07, 6.45) is 1.62. The molecule has 5 nitrogen and oxygen atoms in total. The minimum absolute atomic E-state index is 0.0389. The zero-order valence-electron chi connectivity index (χ0n) is 11.9. The molecule has 0 aliphatic rings. The fraction of sp³-hybridized carbons (Fsp3) is 0.429. The van der Waals surface area contributed by atoms with Crippen LogP contribution in [0.4, 0.5) is 5.69 Å². The molecular formula is C14H18Cl2N2O3. The first-order valence-electron chi connectivity index (χ1n) is 6.60. The topological polar surface area (TPSA) is 81.4 Å². The SMILES string of the molecule is CCC(CC)NC(=O)COC(=O)c1cc(N)cc(Cl)c1Cl. The van der Waals surface area contributed by atoms with Crippen molar-refractivity contribution in [2.45, 2.75) is 32.7 Å². The van der Waals surface area contributed by atoms with Crippen molar-refractivity contribution in [3.63, 3.8) is 0 Å². The summed E-state index contributed by atoms with van der Waals surface area (Å²) >= 11 is 11.7. The second-order valence-electron chi connectivity index (χ2n) is 4.52. The van der Waals surface area contributed by atoms with Crippen molar-refractivity contribution in [3.8, 4) is 0 Å². The van der Waals surface area contributed by atoms with Gasteiger partial charge in [-0.15, -0.1) is 0 Å². The van der Waals surface area contributed by atoms with Crippen molar-refractivity contribution in [1.29, 1.82) is 0 Å². The lowest BCUT2D eigenvalue weighted by molar-refractivity contribution is -0.125. The third-order valence-electron chi connectivity index (χ3n) is 2.96. The maximum atomic E-state index is 11.9. The third-order valence-corrected chi connectivity index (χ3v) is 3.76. The summed E-state index contributed by atoms with van der Waals surface area (Å²) in [4.78, 5) is 23.6. The zero-order chi connectivity index (χ0) is 16.0. The quantitative estimate of drug-likeness (QED) is 0.619.